The lowest BCUT2D eigenvalue weighted by Crippen LogP contribution is -2.28. The van der Waals surface area contributed by atoms with Gasteiger partial charge in [-0.2, -0.15) is 0 Å². The van der Waals surface area contributed by atoms with Gasteiger partial charge in [-0.05, 0) is 42.8 Å². The quantitative estimate of drug-likeness (QED) is 0.554. The van der Waals surface area contributed by atoms with Crippen LogP contribution in [0, 0.1) is 11.6 Å². The summed E-state index contributed by atoms with van der Waals surface area (Å²) in [5, 5.41) is 2.61. The molecule has 0 radical (unpaired) electrons. The standard InChI is InChI=1S/C21H18F2N2O5/c1-3-24-19(26)11-29-17-7-4-12(9-18(17)28-2)8-16-21(27)30-20(25-16)14-6-5-13(22)10-15(14)23/h4-10H,3,11H2,1-2H3,(H,24,26). The first-order valence-corrected chi connectivity index (χ1v) is 8.96. The fourth-order valence-electron chi connectivity index (χ4n) is 2.63. The number of nitrogens with zero attached hydrogens (tertiary/aromatic N) is 1. The van der Waals surface area contributed by atoms with E-state index in [2.05, 4.69) is 10.3 Å². The maximum absolute atomic E-state index is 13.9. The summed E-state index contributed by atoms with van der Waals surface area (Å²) in [6.45, 7) is 2.12. The maximum atomic E-state index is 13.9. The Morgan fingerprint density at radius 2 is 2.00 bits per heavy atom. The third-order valence-electron chi connectivity index (χ3n) is 4.01. The highest BCUT2D eigenvalue weighted by molar-refractivity contribution is 6.13. The molecule has 9 heteroatoms. The van der Waals surface area contributed by atoms with Crippen LogP contribution in [0.3, 0.4) is 0 Å². The number of halogens is 2. The van der Waals surface area contributed by atoms with E-state index in [1.807, 2.05) is 0 Å². The number of hydrogen-bond donors (Lipinski definition) is 1. The Labute approximate surface area is 171 Å². The van der Waals surface area contributed by atoms with Crippen molar-refractivity contribution in [1.82, 2.24) is 5.32 Å². The molecule has 0 saturated carbocycles. The molecule has 0 aromatic heterocycles. The van der Waals surface area contributed by atoms with E-state index in [0.29, 0.717) is 29.7 Å². The normalized spacial score (nSPS) is 14.3. The zero-order chi connectivity index (χ0) is 21.7. The number of ether oxygens (including phenoxy) is 3. The van der Waals surface area contributed by atoms with Gasteiger partial charge in [0.05, 0.1) is 12.7 Å². The van der Waals surface area contributed by atoms with Crippen LogP contribution in [-0.4, -0.2) is 38.0 Å². The first kappa shape index (κ1) is 21.0. The van der Waals surface area contributed by atoms with Crippen LogP contribution in [0.1, 0.15) is 18.1 Å². The van der Waals surface area contributed by atoms with Crippen LogP contribution in [0.15, 0.2) is 47.1 Å². The molecule has 0 fully saturated rings. The maximum Gasteiger partial charge on any atom is 0.363 e. The molecule has 0 bridgehead atoms. The summed E-state index contributed by atoms with van der Waals surface area (Å²) in [5.41, 5.74) is 0.348. The van der Waals surface area contributed by atoms with Crippen molar-refractivity contribution in [3.8, 4) is 11.5 Å². The fraction of sp³-hybridized carbons (Fsp3) is 0.190. The Bertz CT molecular complexity index is 1050. The van der Waals surface area contributed by atoms with Crippen LogP contribution < -0.4 is 14.8 Å². The molecule has 0 atom stereocenters. The van der Waals surface area contributed by atoms with E-state index in [-0.39, 0.29) is 29.7 Å². The highest BCUT2D eigenvalue weighted by Crippen LogP contribution is 2.30. The third kappa shape index (κ3) is 4.80. The minimum Gasteiger partial charge on any atom is -0.493 e. The second-order valence-corrected chi connectivity index (χ2v) is 6.11. The van der Waals surface area contributed by atoms with E-state index in [9.17, 15) is 18.4 Å². The molecule has 3 rings (SSSR count). The zero-order valence-electron chi connectivity index (χ0n) is 16.2. The monoisotopic (exact) mass is 416 g/mol. The lowest BCUT2D eigenvalue weighted by atomic mass is 10.1. The average molecular weight is 416 g/mol. The van der Waals surface area contributed by atoms with Crippen LogP contribution in [0.25, 0.3) is 6.08 Å². The molecule has 0 aliphatic carbocycles. The van der Waals surface area contributed by atoms with Gasteiger partial charge in [0.2, 0.25) is 5.90 Å². The van der Waals surface area contributed by atoms with Gasteiger partial charge in [0.25, 0.3) is 5.91 Å². The van der Waals surface area contributed by atoms with Crippen LogP contribution >= 0.6 is 0 Å². The number of hydrogen-bond acceptors (Lipinski definition) is 6. The van der Waals surface area contributed by atoms with Gasteiger partial charge in [-0.1, -0.05) is 6.07 Å². The van der Waals surface area contributed by atoms with Gasteiger partial charge in [0, 0.05) is 12.6 Å². The number of methoxy groups -OCH3 is 1. The van der Waals surface area contributed by atoms with Crippen molar-refractivity contribution in [2.75, 3.05) is 20.3 Å². The third-order valence-corrected chi connectivity index (χ3v) is 4.01. The van der Waals surface area contributed by atoms with Gasteiger partial charge in [-0.15, -0.1) is 0 Å². The summed E-state index contributed by atoms with van der Waals surface area (Å²) in [7, 11) is 1.43. The Morgan fingerprint density at radius 3 is 2.70 bits per heavy atom. The van der Waals surface area contributed by atoms with Gasteiger partial charge >= 0.3 is 5.97 Å². The average Bonchev–Trinajstić information content (AvgIpc) is 3.07. The summed E-state index contributed by atoms with van der Waals surface area (Å²) in [4.78, 5) is 27.6. The lowest BCUT2D eigenvalue weighted by Gasteiger charge is -2.11. The van der Waals surface area contributed by atoms with Gasteiger partial charge in [0.1, 0.15) is 11.6 Å². The summed E-state index contributed by atoms with van der Waals surface area (Å²) in [5.74, 6) is -2.25. The largest absolute Gasteiger partial charge is 0.493 e. The molecule has 30 heavy (non-hydrogen) atoms. The van der Waals surface area contributed by atoms with Crippen LogP contribution in [0.2, 0.25) is 0 Å². The molecule has 0 spiro atoms. The molecule has 2 aromatic rings. The van der Waals surface area contributed by atoms with Gasteiger partial charge in [-0.25, -0.2) is 18.6 Å². The number of esters is 1. The van der Waals surface area contributed by atoms with Crippen LogP contribution in [0.5, 0.6) is 11.5 Å². The molecule has 1 aliphatic heterocycles. The SMILES string of the molecule is CCNC(=O)COc1ccc(C=C2N=C(c3ccc(F)cc3F)OC2=O)cc1OC. The number of carbonyl (C=O) groups excluding carboxylic acids is 2. The number of benzene rings is 2. The van der Waals surface area contributed by atoms with Gasteiger partial charge in [0.15, 0.2) is 23.8 Å². The van der Waals surface area contributed by atoms with Crippen molar-refractivity contribution in [1.29, 1.82) is 0 Å². The topological polar surface area (TPSA) is 86.2 Å². The number of rotatable bonds is 7. The molecule has 156 valence electrons. The highest BCUT2D eigenvalue weighted by atomic mass is 19.1. The smallest absolute Gasteiger partial charge is 0.363 e. The van der Waals surface area contributed by atoms with Crippen molar-refractivity contribution in [2.24, 2.45) is 4.99 Å². The van der Waals surface area contributed by atoms with E-state index in [0.717, 1.165) is 12.1 Å². The first-order valence-electron chi connectivity index (χ1n) is 8.96. The molecular weight excluding hydrogens is 398 g/mol. The molecule has 1 amide bonds. The van der Waals surface area contributed by atoms with E-state index in [4.69, 9.17) is 14.2 Å². The summed E-state index contributed by atoms with van der Waals surface area (Å²) >= 11 is 0. The number of carbonyl (C=O) groups is 2. The van der Waals surface area contributed by atoms with E-state index >= 15 is 0 Å². The second-order valence-electron chi connectivity index (χ2n) is 6.11. The van der Waals surface area contributed by atoms with Crippen molar-refractivity contribution in [2.45, 2.75) is 6.92 Å². The number of likely N-dealkylation sites (N-methyl/N-ethyl adjacent to an activating group) is 1. The second kappa shape index (κ2) is 9.17. The Hall–Kier alpha value is -3.75. The molecule has 1 heterocycles. The van der Waals surface area contributed by atoms with E-state index in [1.54, 1.807) is 25.1 Å². The molecule has 2 aromatic carbocycles. The number of amides is 1. The summed E-state index contributed by atoms with van der Waals surface area (Å²) in [6.07, 6.45) is 1.42. The number of nitrogens with one attached hydrogen (secondary N) is 1. The molecule has 7 nitrogen and oxygen atoms in total. The molecule has 1 N–H and O–H groups in total. The highest BCUT2D eigenvalue weighted by Gasteiger charge is 2.26. The van der Waals surface area contributed by atoms with Gasteiger partial charge in [-0.3, -0.25) is 4.79 Å². The van der Waals surface area contributed by atoms with E-state index in [1.165, 1.54) is 13.2 Å². The molecular formula is C21H18F2N2O5. The molecule has 0 unspecified atom stereocenters. The van der Waals surface area contributed by atoms with Crippen molar-refractivity contribution in [3.63, 3.8) is 0 Å². The minimum absolute atomic E-state index is 0.0632. The van der Waals surface area contributed by atoms with Gasteiger partial charge < -0.3 is 19.5 Å². The van der Waals surface area contributed by atoms with Crippen LogP contribution in [-0.2, 0) is 14.3 Å². The fourth-order valence-corrected chi connectivity index (χ4v) is 2.63. The number of cyclic esters (lactones) is 1. The number of aliphatic imine (C=N–C) groups is 1. The Morgan fingerprint density at radius 1 is 1.20 bits per heavy atom. The van der Waals surface area contributed by atoms with Crippen molar-refractivity contribution < 1.29 is 32.6 Å². The van der Waals surface area contributed by atoms with Crippen molar-refractivity contribution in [3.05, 3.63) is 64.9 Å². The zero-order valence-corrected chi connectivity index (χ0v) is 16.2. The predicted molar refractivity (Wildman–Crippen MR) is 104 cm³/mol. The first-order chi connectivity index (χ1) is 14.4. The summed E-state index contributed by atoms with van der Waals surface area (Å²) < 4.78 is 42.7. The van der Waals surface area contributed by atoms with Crippen molar-refractivity contribution >= 4 is 23.9 Å². The molecule has 1 aliphatic rings. The minimum atomic E-state index is -0.891. The van der Waals surface area contributed by atoms with Crippen LogP contribution in [0.4, 0.5) is 8.78 Å². The molecule has 0 saturated heterocycles. The summed E-state index contributed by atoms with van der Waals surface area (Å²) in [6, 6.07) is 7.65. The van der Waals surface area contributed by atoms with E-state index < -0.39 is 17.6 Å². The lowest BCUT2D eigenvalue weighted by molar-refractivity contribution is -0.130. The Kier molecular flexibility index (Phi) is 6.41. The predicted octanol–water partition coefficient (Wildman–Crippen LogP) is 2.83. The Balaban J connectivity index is 1.82.